The number of amides is 3. The number of carbonyl (C=O) groups excluding carboxylic acids is 3. The van der Waals surface area contributed by atoms with Gasteiger partial charge < -0.3 is 49.7 Å². The molecule has 0 aliphatic rings. The Morgan fingerprint density at radius 3 is 1.87 bits per heavy atom. The quantitative estimate of drug-likeness (QED) is 0.0659. The van der Waals surface area contributed by atoms with Gasteiger partial charge in [0.15, 0.2) is 11.9 Å². The van der Waals surface area contributed by atoms with Crippen LogP contribution in [0.2, 0.25) is 0 Å². The lowest BCUT2D eigenvalue weighted by molar-refractivity contribution is -0.138. The first kappa shape index (κ1) is 27.4. The van der Waals surface area contributed by atoms with Gasteiger partial charge in [0.2, 0.25) is 17.7 Å². The summed E-state index contributed by atoms with van der Waals surface area (Å²) < 4.78 is 0. The topological polar surface area (TPSA) is 279 Å². The Balaban J connectivity index is 4.78. The first-order chi connectivity index (χ1) is 14.5. The Hall–Kier alpha value is -3.62. The van der Waals surface area contributed by atoms with Gasteiger partial charge in [0.05, 0.1) is 12.6 Å². The predicted molar refractivity (Wildman–Crippen MR) is 113 cm³/mol. The fourth-order valence-corrected chi connectivity index (χ4v) is 2.23. The molecule has 3 amide bonds. The predicted octanol–water partition coefficient (Wildman–Crippen LogP) is -4.78. The van der Waals surface area contributed by atoms with Crippen molar-refractivity contribution in [1.82, 2.24) is 16.0 Å². The van der Waals surface area contributed by atoms with Gasteiger partial charge in [-0.25, -0.2) is 0 Å². The van der Waals surface area contributed by atoms with Gasteiger partial charge in [-0.2, -0.15) is 0 Å². The van der Waals surface area contributed by atoms with Crippen molar-refractivity contribution in [2.45, 2.75) is 37.8 Å². The summed E-state index contributed by atoms with van der Waals surface area (Å²) in [5.41, 5.74) is 26.8. The summed E-state index contributed by atoms with van der Waals surface area (Å²) in [4.78, 5) is 54.3. The lowest BCUT2D eigenvalue weighted by atomic mass is 10.1. The van der Waals surface area contributed by atoms with Gasteiger partial charge in [-0.3, -0.25) is 29.2 Å². The Bertz CT molecular complexity index is 674. The van der Waals surface area contributed by atoms with Crippen LogP contribution in [0.5, 0.6) is 0 Å². The third-order valence-electron chi connectivity index (χ3n) is 3.74. The number of hydrogen-bond donors (Lipinski definition) is 9. The van der Waals surface area contributed by atoms with E-state index in [-0.39, 0.29) is 31.3 Å². The number of hydrogen-bond acceptors (Lipinski definition) is 7. The van der Waals surface area contributed by atoms with E-state index in [0.29, 0.717) is 19.4 Å². The number of nitrogens with zero attached hydrogens (tertiary/aromatic N) is 2. The zero-order valence-corrected chi connectivity index (χ0v) is 17.2. The largest absolute Gasteiger partial charge is 0.480 e. The maximum atomic E-state index is 12.4. The maximum absolute atomic E-state index is 12.4. The summed E-state index contributed by atoms with van der Waals surface area (Å²) in [6, 6.07) is -1.90. The molecule has 2 unspecified atom stereocenters. The summed E-state index contributed by atoms with van der Waals surface area (Å²) in [6.07, 6.45) is 1.27. The highest BCUT2D eigenvalue weighted by Gasteiger charge is 2.23. The number of aliphatic imine (C=N–C) groups is 2. The van der Waals surface area contributed by atoms with E-state index < -0.39 is 48.9 Å². The van der Waals surface area contributed by atoms with Crippen LogP contribution in [-0.4, -0.2) is 79.0 Å². The molecular weight excluding hydrogens is 412 g/mol. The number of carboxylic acid groups (broad SMARTS) is 1. The molecule has 15 nitrogen and oxygen atoms in total. The molecule has 0 aromatic rings. The lowest BCUT2D eigenvalue weighted by Gasteiger charge is -2.20. The van der Waals surface area contributed by atoms with Crippen molar-refractivity contribution in [2.24, 2.45) is 38.7 Å². The average Bonchev–Trinajstić information content (AvgIpc) is 2.69. The molecule has 0 aromatic carbocycles. The Morgan fingerprint density at radius 1 is 0.806 bits per heavy atom. The second-order valence-electron chi connectivity index (χ2n) is 6.45. The standard InChI is InChI=1S/C16H32N10O5/c17-9(3-1-5-22-15(18)19)13(30)26-10(4-2-6-23-16(20)21)14(31)25-7-11(27)24-8-12(28)29/h9-10H,1-8,17H2,(H,24,27)(H,25,31)(H,26,30)(H,28,29)(H4,18,19,22)(H4,20,21,23). The van der Waals surface area contributed by atoms with Crippen molar-refractivity contribution in [2.75, 3.05) is 26.2 Å². The second-order valence-corrected chi connectivity index (χ2v) is 6.45. The van der Waals surface area contributed by atoms with Crippen molar-refractivity contribution in [1.29, 1.82) is 0 Å². The van der Waals surface area contributed by atoms with Gasteiger partial charge in [0.1, 0.15) is 12.6 Å². The summed E-state index contributed by atoms with van der Waals surface area (Å²) in [6.45, 7) is -0.512. The monoisotopic (exact) mass is 444 g/mol. The molecular formula is C16H32N10O5. The zero-order valence-electron chi connectivity index (χ0n) is 17.2. The number of carbonyl (C=O) groups is 4. The number of rotatable bonds is 15. The number of aliphatic carboxylic acids is 1. The summed E-state index contributed by atoms with van der Waals surface area (Å²) in [5.74, 6) is -3.31. The van der Waals surface area contributed by atoms with Gasteiger partial charge in [0, 0.05) is 13.1 Å². The van der Waals surface area contributed by atoms with Crippen molar-refractivity contribution in [3.63, 3.8) is 0 Å². The van der Waals surface area contributed by atoms with E-state index in [0.717, 1.165) is 0 Å². The number of carboxylic acids is 1. The fraction of sp³-hybridized carbons (Fsp3) is 0.625. The van der Waals surface area contributed by atoms with Crippen molar-refractivity contribution < 1.29 is 24.3 Å². The first-order valence-electron chi connectivity index (χ1n) is 9.45. The van der Waals surface area contributed by atoms with Crippen LogP contribution in [0.25, 0.3) is 0 Å². The Kier molecular flexibility index (Phi) is 13.5. The highest BCUT2D eigenvalue weighted by Crippen LogP contribution is 2.02. The van der Waals surface area contributed by atoms with E-state index in [1.165, 1.54) is 0 Å². The molecule has 0 bridgehead atoms. The summed E-state index contributed by atoms with van der Waals surface area (Å²) in [5, 5.41) is 15.5. The molecule has 0 rings (SSSR count). The molecule has 2 atom stereocenters. The minimum atomic E-state index is -1.22. The molecule has 0 saturated heterocycles. The smallest absolute Gasteiger partial charge is 0.322 e. The summed E-state index contributed by atoms with van der Waals surface area (Å²) >= 11 is 0. The maximum Gasteiger partial charge on any atom is 0.322 e. The molecule has 0 heterocycles. The van der Waals surface area contributed by atoms with Crippen molar-refractivity contribution in [3.05, 3.63) is 0 Å². The van der Waals surface area contributed by atoms with Gasteiger partial charge >= 0.3 is 5.97 Å². The van der Waals surface area contributed by atoms with Gasteiger partial charge in [-0.1, -0.05) is 0 Å². The van der Waals surface area contributed by atoms with Crippen LogP contribution >= 0.6 is 0 Å². The van der Waals surface area contributed by atoms with Crippen LogP contribution in [-0.2, 0) is 19.2 Å². The van der Waals surface area contributed by atoms with Gasteiger partial charge in [-0.05, 0) is 25.7 Å². The zero-order chi connectivity index (χ0) is 23.8. The third kappa shape index (κ3) is 15.0. The van der Waals surface area contributed by atoms with Gasteiger partial charge in [-0.15, -0.1) is 0 Å². The molecule has 0 aromatic heterocycles. The molecule has 0 saturated carbocycles. The minimum Gasteiger partial charge on any atom is -0.480 e. The van der Waals surface area contributed by atoms with Crippen LogP contribution in [0.1, 0.15) is 25.7 Å². The molecule has 0 aliphatic heterocycles. The SMILES string of the molecule is NC(N)=NCCCC(N)C(=O)NC(CCCN=C(N)N)C(=O)NCC(=O)NCC(=O)O. The lowest BCUT2D eigenvalue weighted by Crippen LogP contribution is -2.53. The first-order valence-corrected chi connectivity index (χ1v) is 9.45. The van der Waals surface area contributed by atoms with Crippen LogP contribution in [0.3, 0.4) is 0 Å². The van der Waals surface area contributed by atoms with E-state index in [2.05, 4.69) is 25.9 Å². The van der Waals surface area contributed by atoms with E-state index >= 15 is 0 Å². The van der Waals surface area contributed by atoms with Crippen molar-refractivity contribution >= 4 is 35.6 Å². The highest BCUT2D eigenvalue weighted by atomic mass is 16.4. The van der Waals surface area contributed by atoms with E-state index in [9.17, 15) is 19.2 Å². The molecule has 31 heavy (non-hydrogen) atoms. The average molecular weight is 444 g/mol. The molecule has 0 radical (unpaired) electrons. The number of nitrogens with two attached hydrogens (primary N) is 5. The minimum absolute atomic E-state index is 0.0667. The number of nitrogens with one attached hydrogen (secondary N) is 3. The van der Waals surface area contributed by atoms with E-state index in [1.807, 2.05) is 0 Å². The van der Waals surface area contributed by atoms with Crippen LogP contribution < -0.4 is 44.6 Å². The fourth-order valence-electron chi connectivity index (χ4n) is 2.23. The summed E-state index contributed by atoms with van der Waals surface area (Å²) in [7, 11) is 0. The normalized spacial score (nSPS) is 12.0. The van der Waals surface area contributed by atoms with Crippen LogP contribution in [0.4, 0.5) is 0 Å². The Morgan fingerprint density at radius 2 is 1.35 bits per heavy atom. The van der Waals surface area contributed by atoms with Crippen molar-refractivity contribution in [3.8, 4) is 0 Å². The van der Waals surface area contributed by atoms with Crippen LogP contribution in [0.15, 0.2) is 9.98 Å². The third-order valence-corrected chi connectivity index (χ3v) is 3.74. The van der Waals surface area contributed by atoms with Gasteiger partial charge in [0.25, 0.3) is 0 Å². The van der Waals surface area contributed by atoms with E-state index in [4.69, 9.17) is 33.8 Å². The Labute approximate surface area is 179 Å². The second kappa shape index (κ2) is 15.3. The molecule has 176 valence electrons. The molecule has 15 heteroatoms. The molecule has 14 N–H and O–H groups in total. The van der Waals surface area contributed by atoms with E-state index in [1.54, 1.807) is 0 Å². The van der Waals surface area contributed by atoms with Crippen LogP contribution in [0, 0.1) is 0 Å². The molecule has 0 aliphatic carbocycles. The number of guanidine groups is 2. The highest BCUT2D eigenvalue weighted by molar-refractivity contribution is 5.92. The molecule has 0 spiro atoms. The molecule has 0 fully saturated rings.